The molecule has 4 nitrogen and oxygen atoms in total. The summed E-state index contributed by atoms with van der Waals surface area (Å²) in [6, 6.07) is 52.8. The number of rotatable bonds is 4. The van der Waals surface area contributed by atoms with E-state index in [0.717, 1.165) is 55.1 Å². The van der Waals surface area contributed by atoms with Gasteiger partial charge in [0.1, 0.15) is 11.2 Å². The van der Waals surface area contributed by atoms with Crippen molar-refractivity contribution in [3.05, 3.63) is 152 Å². The Hall–Kier alpha value is -6.17. The molecule has 3 aromatic heterocycles. The molecule has 0 aliphatic carbocycles. The maximum absolute atomic E-state index is 6.14. The molecule has 7 aromatic carbocycles. The first-order chi connectivity index (χ1) is 23.7. The Morgan fingerprint density at radius 2 is 0.979 bits per heavy atom. The van der Waals surface area contributed by atoms with E-state index in [2.05, 4.69) is 115 Å². The van der Waals surface area contributed by atoms with Crippen molar-refractivity contribution in [1.82, 2.24) is 15.0 Å². The van der Waals surface area contributed by atoms with Gasteiger partial charge in [0, 0.05) is 47.6 Å². The normalized spacial score (nSPS) is 11.8. The first kappa shape index (κ1) is 27.0. The minimum Gasteiger partial charge on any atom is -0.456 e. The van der Waals surface area contributed by atoms with Crippen molar-refractivity contribution in [1.29, 1.82) is 0 Å². The van der Waals surface area contributed by atoms with Gasteiger partial charge in [0.05, 0.1) is 0 Å². The van der Waals surface area contributed by atoms with Crippen LogP contribution >= 0.6 is 11.3 Å². The highest BCUT2D eigenvalue weighted by Crippen LogP contribution is 2.38. The number of thiophene rings is 1. The van der Waals surface area contributed by atoms with Crippen LogP contribution < -0.4 is 0 Å². The zero-order valence-corrected chi connectivity index (χ0v) is 26.4. The third-order valence-electron chi connectivity index (χ3n) is 9.11. The highest BCUT2D eigenvalue weighted by Gasteiger charge is 2.17. The summed E-state index contributed by atoms with van der Waals surface area (Å²) < 4.78 is 8.66. The number of furan rings is 1. The lowest BCUT2D eigenvalue weighted by atomic mass is 9.95. The van der Waals surface area contributed by atoms with Gasteiger partial charge in [0.25, 0.3) is 0 Å². The molecule has 10 rings (SSSR count). The molecule has 0 saturated heterocycles. The number of nitrogens with zero attached hydrogens (tertiary/aromatic N) is 3. The fourth-order valence-corrected chi connectivity index (χ4v) is 7.88. The first-order valence-corrected chi connectivity index (χ1v) is 16.7. The van der Waals surface area contributed by atoms with E-state index >= 15 is 0 Å². The third kappa shape index (κ3) is 4.40. The number of hydrogen-bond acceptors (Lipinski definition) is 5. The molecule has 0 bridgehead atoms. The molecule has 0 fully saturated rings. The summed E-state index contributed by atoms with van der Waals surface area (Å²) in [5.41, 5.74) is 6.80. The molecule has 0 N–H and O–H groups in total. The molecule has 224 valence electrons. The molecule has 10 aromatic rings. The van der Waals surface area contributed by atoms with Crippen LogP contribution in [0.5, 0.6) is 0 Å². The predicted molar refractivity (Wildman–Crippen MR) is 199 cm³/mol. The fourth-order valence-electron chi connectivity index (χ4n) is 6.79. The Morgan fingerprint density at radius 1 is 0.375 bits per heavy atom. The number of aromatic nitrogens is 3. The van der Waals surface area contributed by atoms with Crippen LogP contribution in [0, 0.1) is 0 Å². The third-order valence-corrected chi connectivity index (χ3v) is 10.3. The molecule has 48 heavy (non-hydrogen) atoms. The minimum atomic E-state index is 0.617. The van der Waals surface area contributed by atoms with Crippen molar-refractivity contribution in [3.8, 4) is 45.3 Å². The smallest absolute Gasteiger partial charge is 0.164 e. The maximum atomic E-state index is 6.14. The van der Waals surface area contributed by atoms with Crippen LogP contribution in [0.3, 0.4) is 0 Å². The maximum Gasteiger partial charge on any atom is 0.164 e. The molecular weight excluding hydrogens is 607 g/mol. The van der Waals surface area contributed by atoms with Crippen LogP contribution in [0.4, 0.5) is 0 Å². The van der Waals surface area contributed by atoms with E-state index in [1.165, 1.54) is 25.6 Å². The van der Waals surface area contributed by atoms with Gasteiger partial charge >= 0.3 is 0 Å². The van der Waals surface area contributed by atoms with Crippen molar-refractivity contribution >= 4 is 64.2 Å². The second-order valence-electron chi connectivity index (χ2n) is 12.0. The first-order valence-electron chi connectivity index (χ1n) is 15.9. The molecule has 0 atom stereocenters. The van der Waals surface area contributed by atoms with Gasteiger partial charge in [-0.3, -0.25) is 0 Å². The van der Waals surface area contributed by atoms with E-state index in [-0.39, 0.29) is 0 Å². The van der Waals surface area contributed by atoms with E-state index in [1.54, 1.807) is 11.3 Å². The van der Waals surface area contributed by atoms with Gasteiger partial charge in [-0.05, 0) is 82.6 Å². The van der Waals surface area contributed by atoms with Crippen LogP contribution in [0.1, 0.15) is 0 Å². The molecule has 0 spiro atoms. The topological polar surface area (TPSA) is 51.8 Å². The number of para-hydroxylation sites is 1. The van der Waals surface area contributed by atoms with Crippen molar-refractivity contribution in [2.45, 2.75) is 0 Å². The molecule has 0 aliphatic heterocycles. The van der Waals surface area contributed by atoms with E-state index in [9.17, 15) is 0 Å². The zero-order chi connectivity index (χ0) is 31.6. The van der Waals surface area contributed by atoms with Gasteiger partial charge in [-0.25, -0.2) is 15.0 Å². The molecule has 0 unspecified atom stereocenters. The van der Waals surface area contributed by atoms with E-state index in [0.29, 0.717) is 17.5 Å². The molecule has 3 heterocycles. The monoisotopic (exact) mass is 631 g/mol. The average Bonchev–Trinajstić information content (AvgIpc) is 3.72. The van der Waals surface area contributed by atoms with Gasteiger partial charge in [-0.2, -0.15) is 0 Å². The summed E-state index contributed by atoms with van der Waals surface area (Å²) in [5.74, 6) is 1.89. The molecule has 0 amide bonds. The lowest BCUT2D eigenvalue weighted by molar-refractivity contribution is 0.669. The SMILES string of the molecule is c1ccc(-c2cc(-c3nc(-c4ccc5oc6ccccc6c5c4)nc(-c4ccc5sc6ccccc6c5c4)n3)cc3ccccc23)cc1. The molecule has 0 radical (unpaired) electrons. The summed E-state index contributed by atoms with van der Waals surface area (Å²) in [6.45, 7) is 0. The fraction of sp³-hybridized carbons (Fsp3) is 0. The largest absolute Gasteiger partial charge is 0.456 e. The Bertz CT molecular complexity index is 2720. The Morgan fingerprint density at radius 3 is 1.81 bits per heavy atom. The highest BCUT2D eigenvalue weighted by molar-refractivity contribution is 7.25. The molecule has 5 heteroatoms. The van der Waals surface area contributed by atoms with Crippen molar-refractivity contribution in [2.24, 2.45) is 0 Å². The average molecular weight is 632 g/mol. The van der Waals surface area contributed by atoms with Gasteiger partial charge in [0.15, 0.2) is 17.5 Å². The lowest BCUT2D eigenvalue weighted by Crippen LogP contribution is -2.00. The minimum absolute atomic E-state index is 0.617. The second kappa shape index (κ2) is 10.7. The number of benzene rings is 7. The van der Waals surface area contributed by atoms with Gasteiger partial charge in [-0.15, -0.1) is 11.3 Å². The van der Waals surface area contributed by atoms with Crippen molar-refractivity contribution < 1.29 is 4.42 Å². The van der Waals surface area contributed by atoms with E-state index < -0.39 is 0 Å². The summed E-state index contributed by atoms with van der Waals surface area (Å²) in [6.07, 6.45) is 0. The van der Waals surface area contributed by atoms with Crippen molar-refractivity contribution in [2.75, 3.05) is 0 Å². The second-order valence-corrected chi connectivity index (χ2v) is 13.1. The number of fused-ring (bicyclic) bond motifs is 7. The van der Waals surface area contributed by atoms with Crippen LogP contribution in [0.15, 0.2) is 156 Å². The number of hydrogen-bond donors (Lipinski definition) is 0. The van der Waals surface area contributed by atoms with Gasteiger partial charge in [-0.1, -0.05) is 91.0 Å². The Labute approximate surface area is 279 Å². The van der Waals surface area contributed by atoms with E-state index in [4.69, 9.17) is 19.4 Å². The molecule has 0 aliphatic rings. The van der Waals surface area contributed by atoms with Crippen LogP contribution in [-0.4, -0.2) is 15.0 Å². The summed E-state index contributed by atoms with van der Waals surface area (Å²) in [4.78, 5) is 15.5. The summed E-state index contributed by atoms with van der Waals surface area (Å²) in [7, 11) is 0. The van der Waals surface area contributed by atoms with Crippen LogP contribution in [-0.2, 0) is 0 Å². The quantitative estimate of drug-likeness (QED) is 0.194. The predicted octanol–water partition coefficient (Wildman–Crippen LogP) is 12.0. The Balaban J connectivity index is 1.22. The highest BCUT2D eigenvalue weighted by atomic mass is 32.1. The van der Waals surface area contributed by atoms with Crippen LogP contribution in [0.25, 0.3) is 98.2 Å². The zero-order valence-electron chi connectivity index (χ0n) is 25.6. The van der Waals surface area contributed by atoms with Gasteiger partial charge in [0.2, 0.25) is 0 Å². The van der Waals surface area contributed by atoms with Crippen molar-refractivity contribution in [3.63, 3.8) is 0 Å². The molecule has 0 saturated carbocycles. The lowest BCUT2D eigenvalue weighted by Gasteiger charge is -2.12. The Kier molecular flexibility index (Phi) is 6.01. The van der Waals surface area contributed by atoms with Gasteiger partial charge < -0.3 is 4.42 Å². The molecular formula is C43H25N3OS. The van der Waals surface area contributed by atoms with Crippen LogP contribution in [0.2, 0.25) is 0 Å². The standard InChI is InChI=1S/C43H25N3OS/c1-2-10-26(11-3-1)34-25-30(22-27-12-4-5-13-31(27)34)43-45-41(28-18-20-38-35(23-28)32-14-6-8-16-37(32)47-38)44-42(46-43)29-19-21-40-36(24-29)33-15-7-9-17-39(33)48-40/h1-25H. The van der Waals surface area contributed by atoms with E-state index in [1.807, 2.05) is 36.4 Å². The summed E-state index contributed by atoms with van der Waals surface area (Å²) >= 11 is 1.81. The summed E-state index contributed by atoms with van der Waals surface area (Å²) in [5, 5.41) is 6.88.